The minimum Gasteiger partial charge on any atom is -0.376 e. The first kappa shape index (κ1) is 16.3. The molecule has 0 aliphatic heterocycles. The van der Waals surface area contributed by atoms with Crippen molar-refractivity contribution in [3.05, 3.63) is 17.0 Å². The Bertz CT molecular complexity index is 464. The van der Waals surface area contributed by atoms with Gasteiger partial charge in [0.2, 0.25) is 5.82 Å². The minimum absolute atomic E-state index is 0.0505. The van der Waals surface area contributed by atoms with Gasteiger partial charge in [0.1, 0.15) is 11.0 Å². The summed E-state index contributed by atoms with van der Waals surface area (Å²) in [5.74, 6) is -1.19. The van der Waals surface area contributed by atoms with Crippen LogP contribution < -0.4 is 5.32 Å². The van der Waals surface area contributed by atoms with Crippen LogP contribution in [0.2, 0.25) is 5.15 Å². The first-order valence-electron chi connectivity index (χ1n) is 6.92. The highest BCUT2D eigenvalue weighted by atomic mass is 35.5. The Morgan fingerprint density at radius 1 is 1.24 bits per heavy atom. The van der Waals surface area contributed by atoms with E-state index in [2.05, 4.69) is 15.3 Å². The average Bonchev–Trinajstić information content (AvgIpc) is 2.43. The van der Waals surface area contributed by atoms with Crippen molar-refractivity contribution in [1.29, 1.82) is 0 Å². The van der Waals surface area contributed by atoms with Crippen molar-refractivity contribution in [1.82, 2.24) is 9.97 Å². The average molecular weight is 324 g/mol. The van der Waals surface area contributed by atoms with Crippen molar-refractivity contribution in [2.75, 3.05) is 18.5 Å². The zero-order valence-electron chi connectivity index (χ0n) is 11.4. The van der Waals surface area contributed by atoms with Crippen molar-refractivity contribution in [2.45, 2.75) is 44.4 Å². The molecule has 118 valence electrons. The van der Waals surface area contributed by atoms with Crippen LogP contribution in [0.1, 0.15) is 37.9 Å². The monoisotopic (exact) mass is 323 g/mol. The van der Waals surface area contributed by atoms with E-state index in [1.165, 1.54) is 25.3 Å². The Balaban J connectivity index is 1.81. The van der Waals surface area contributed by atoms with E-state index in [0.29, 0.717) is 13.2 Å². The molecule has 0 unspecified atom stereocenters. The van der Waals surface area contributed by atoms with E-state index in [0.717, 1.165) is 12.8 Å². The molecular formula is C13H17ClF3N3O. The molecular weight excluding hydrogens is 307 g/mol. The van der Waals surface area contributed by atoms with Gasteiger partial charge >= 0.3 is 6.18 Å². The minimum atomic E-state index is -4.61. The fraction of sp³-hybridized carbons (Fsp3) is 0.692. The molecule has 1 aromatic heterocycles. The Kier molecular flexibility index (Phi) is 5.64. The van der Waals surface area contributed by atoms with Crippen molar-refractivity contribution in [2.24, 2.45) is 0 Å². The summed E-state index contributed by atoms with van der Waals surface area (Å²) in [6, 6.07) is 1.26. The Morgan fingerprint density at radius 2 is 1.95 bits per heavy atom. The van der Waals surface area contributed by atoms with Crippen LogP contribution in [0.3, 0.4) is 0 Å². The smallest absolute Gasteiger partial charge is 0.376 e. The van der Waals surface area contributed by atoms with Gasteiger partial charge in [0, 0.05) is 12.6 Å². The number of hydrogen-bond donors (Lipinski definition) is 1. The largest absolute Gasteiger partial charge is 0.451 e. The third-order valence-electron chi connectivity index (χ3n) is 3.26. The summed E-state index contributed by atoms with van der Waals surface area (Å²) in [4.78, 5) is 6.57. The number of rotatable bonds is 5. The van der Waals surface area contributed by atoms with Crippen LogP contribution in [-0.2, 0) is 10.9 Å². The second-order valence-corrected chi connectivity index (χ2v) is 5.34. The van der Waals surface area contributed by atoms with Crippen LogP contribution in [0.5, 0.6) is 0 Å². The van der Waals surface area contributed by atoms with Gasteiger partial charge in [-0.3, -0.25) is 0 Å². The maximum atomic E-state index is 12.5. The van der Waals surface area contributed by atoms with Gasteiger partial charge in [-0.2, -0.15) is 13.2 Å². The van der Waals surface area contributed by atoms with Gasteiger partial charge < -0.3 is 10.1 Å². The second-order valence-electron chi connectivity index (χ2n) is 4.95. The lowest BCUT2D eigenvalue weighted by atomic mass is 9.98. The number of anilines is 1. The topological polar surface area (TPSA) is 47.0 Å². The molecule has 1 aliphatic carbocycles. The van der Waals surface area contributed by atoms with Gasteiger partial charge in [0.05, 0.1) is 12.7 Å². The van der Waals surface area contributed by atoms with Gasteiger partial charge in [-0.25, -0.2) is 9.97 Å². The lowest BCUT2D eigenvalue weighted by Gasteiger charge is -2.22. The molecule has 2 rings (SSSR count). The summed E-state index contributed by atoms with van der Waals surface area (Å²) in [7, 11) is 0. The van der Waals surface area contributed by atoms with Gasteiger partial charge in [-0.15, -0.1) is 0 Å². The Labute approximate surface area is 126 Å². The Morgan fingerprint density at radius 3 is 2.62 bits per heavy atom. The van der Waals surface area contributed by atoms with E-state index in [-0.39, 0.29) is 17.1 Å². The molecule has 1 N–H and O–H groups in total. The molecule has 1 aromatic rings. The summed E-state index contributed by atoms with van der Waals surface area (Å²) >= 11 is 5.57. The third-order valence-corrected chi connectivity index (χ3v) is 3.46. The number of nitrogens with one attached hydrogen (secondary N) is 1. The molecule has 21 heavy (non-hydrogen) atoms. The molecule has 0 spiro atoms. The van der Waals surface area contributed by atoms with Crippen LogP contribution in [0, 0.1) is 0 Å². The maximum absolute atomic E-state index is 12.5. The predicted molar refractivity (Wildman–Crippen MR) is 73.4 cm³/mol. The molecule has 1 fully saturated rings. The van der Waals surface area contributed by atoms with Crippen molar-refractivity contribution < 1.29 is 17.9 Å². The number of hydrogen-bond acceptors (Lipinski definition) is 4. The molecule has 8 heteroatoms. The van der Waals surface area contributed by atoms with E-state index < -0.39 is 12.0 Å². The zero-order chi connectivity index (χ0) is 15.3. The van der Waals surface area contributed by atoms with Crippen LogP contribution in [-0.4, -0.2) is 29.2 Å². The first-order chi connectivity index (χ1) is 9.95. The van der Waals surface area contributed by atoms with E-state index in [1.54, 1.807) is 0 Å². The molecule has 1 aliphatic rings. The molecule has 0 atom stereocenters. The summed E-state index contributed by atoms with van der Waals surface area (Å²) in [6.45, 7) is 0.800. The van der Waals surface area contributed by atoms with Crippen LogP contribution in [0.25, 0.3) is 0 Å². The highest BCUT2D eigenvalue weighted by Gasteiger charge is 2.35. The highest BCUT2D eigenvalue weighted by Crippen LogP contribution is 2.28. The first-order valence-corrected chi connectivity index (χ1v) is 7.30. The van der Waals surface area contributed by atoms with E-state index in [9.17, 15) is 13.2 Å². The van der Waals surface area contributed by atoms with Crippen molar-refractivity contribution in [3.8, 4) is 0 Å². The van der Waals surface area contributed by atoms with Crippen molar-refractivity contribution >= 4 is 17.4 Å². The van der Waals surface area contributed by atoms with Crippen LogP contribution in [0.15, 0.2) is 6.07 Å². The lowest BCUT2D eigenvalue weighted by molar-refractivity contribution is -0.144. The lowest BCUT2D eigenvalue weighted by Crippen LogP contribution is -2.21. The van der Waals surface area contributed by atoms with Crippen molar-refractivity contribution in [3.63, 3.8) is 0 Å². The summed E-state index contributed by atoms with van der Waals surface area (Å²) in [5, 5.41) is 2.53. The fourth-order valence-electron chi connectivity index (χ4n) is 2.27. The number of halogens is 4. The van der Waals surface area contributed by atoms with E-state index in [4.69, 9.17) is 16.3 Å². The van der Waals surface area contributed by atoms with E-state index in [1.807, 2.05) is 0 Å². The summed E-state index contributed by atoms with van der Waals surface area (Å²) in [5.41, 5.74) is 0. The summed E-state index contributed by atoms with van der Waals surface area (Å²) < 4.78 is 43.3. The summed E-state index contributed by atoms with van der Waals surface area (Å²) in [6.07, 6.45) is 1.36. The van der Waals surface area contributed by atoms with E-state index >= 15 is 0 Å². The number of ether oxygens (including phenoxy) is 1. The SMILES string of the molecule is FC(F)(F)c1nc(Cl)cc(NCCOC2CCCCC2)n1. The van der Waals surface area contributed by atoms with Gasteiger partial charge in [0.15, 0.2) is 0 Å². The standard InChI is InChI=1S/C13H17ClF3N3O/c14-10-8-11(20-12(19-10)13(15,16)17)18-6-7-21-9-4-2-1-3-5-9/h8-9H,1-7H2,(H,18,19,20). The number of nitrogens with zero attached hydrogens (tertiary/aromatic N) is 2. The number of aromatic nitrogens is 2. The fourth-order valence-corrected chi connectivity index (χ4v) is 2.45. The van der Waals surface area contributed by atoms with Gasteiger partial charge in [-0.05, 0) is 12.8 Å². The zero-order valence-corrected chi connectivity index (χ0v) is 12.2. The molecule has 4 nitrogen and oxygen atoms in total. The Hall–Kier alpha value is -1.08. The third kappa shape index (κ3) is 5.32. The molecule has 0 amide bonds. The molecule has 0 aromatic carbocycles. The van der Waals surface area contributed by atoms with Crippen LogP contribution in [0.4, 0.5) is 19.0 Å². The van der Waals surface area contributed by atoms with Gasteiger partial charge in [-0.1, -0.05) is 30.9 Å². The van der Waals surface area contributed by atoms with Crippen LogP contribution >= 0.6 is 11.6 Å². The molecule has 0 radical (unpaired) electrons. The molecule has 1 saturated carbocycles. The molecule has 0 bridgehead atoms. The second kappa shape index (κ2) is 7.26. The molecule has 1 heterocycles. The predicted octanol–water partition coefficient (Wildman–Crippen LogP) is 3.91. The quantitative estimate of drug-likeness (QED) is 0.659. The molecule has 0 saturated heterocycles. The van der Waals surface area contributed by atoms with Gasteiger partial charge in [0.25, 0.3) is 0 Å². The maximum Gasteiger partial charge on any atom is 0.451 e. The normalized spacial score (nSPS) is 17.0. The highest BCUT2D eigenvalue weighted by molar-refractivity contribution is 6.29. The number of alkyl halides is 3.